The van der Waals surface area contributed by atoms with E-state index in [2.05, 4.69) is 12.2 Å². The minimum absolute atomic E-state index is 0.137. The van der Waals surface area contributed by atoms with Crippen LogP contribution in [0, 0.1) is 11.8 Å². The third-order valence-electron chi connectivity index (χ3n) is 6.47. The Balaban J connectivity index is 1.64. The molecule has 1 aromatic carbocycles. The lowest BCUT2D eigenvalue weighted by Gasteiger charge is -2.32. The highest BCUT2D eigenvalue weighted by molar-refractivity contribution is 6.62. The Morgan fingerprint density at radius 1 is 1.12 bits per heavy atom. The van der Waals surface area contributed by atoms with Gasteiger partial charge in [0.05, 0.1) is 11.2 Å². The van der Waals surface area contributed by atoms with Crippen molar-refractivity contribution < 1.29 is 14.1 Å². The van der Waals surface area contributed by atoms with Gasteiger partial charge in [-0.25, -0.2) is 0 Å². The fourth-order valence-electron chi connectivity index (χ4n) is 3.82. The van der Waals surface area contributed by atoms with Crippen molar-refractivity contribution in [1.29, 1.82) is 0 Å². The molecule has 1 aliphatic heterocycles. The van der Waals surface area contributed by atoms with E-state index >= 15 is 0 Å². The standard InChI is InChI=1S/C21H32BNO3/c1-6-15-10-12-16(13-11-15)19(24)23-18-9-7-8-17(14-18)22-25-20(2,3)21(4,5)26-22/h7-9,14-16H,6,10-13H2,1-5H3,(H,23,24). The third kappa shape index (κ3) is 3.99. The number of amides is 1. The zero-order valence-corrected chi connectivity index (χ0v) is 16.8. The van der Waals surface area contributed by atoms with Gasteiger partial charge in [0.1, 0.15) is 0 Å². The van der Waals surface area contributed by atoms with Crippen LogP contribution in [0.25, 0.3) is 0 Å². The van der Waals surface area contributed by atoms with Crippen LogP contribution in [0.3, 0.4) is 0 Å². The number of benzene rings is 1. The van der Waals surface area contributed by atoms with E-state index in [9.17, 15) is 4.79 Å². The second-order valence-corrected chi connectivity index (χ2v) is 8.83. The van der Waals surface area contributed by atoms with Gasteiger partial charge in [-0.2, -0.15) is 0 Å². The molecule has 0 unspecified atom stereocenters. The van der Waals surface area contributed by atoms with Gasteiger partial charge in [0.25, 0.3) is 0 Å². The van der Waals surface area contributed by atoms with Crippen molar-refractivity contribution >= 4 is 24.2 Å². The number of carbonyl (C=O) groups is 1. The molecule has 0 radical (unpaired) electrons. The van der Waals surface area contributed by atoms with Crippen molar-refractivity contribution in [2.75, 3.05) is 5.32 Å². The first-order valence-corrected chi connectivity index (χ1v) is 9.98. The molecule has 2 fully saturated rings. The molecule has 1 saturated heterocycles. The van der Waals surface area contributed by atoms with Gasteiger partial charge in [-0.1, -0.05) is 25.5 Å². The van der Waals surface area contributed by atoms with Crippen LogP contribution >= 0.6 is 0 Å². The summed E-state index contributed by atoms with van der Waals surface area (Å²) in [5.74, 6) is 1.08. The van der Waals surface area contributed by atoms with E-state index in [1.54, 1.807) is 0 Å². The van der Waals surface area contributed by atoms with E-state index in [4.69, 9.17) is 9.31 Å². The van der Waals surface area contributed by atoms with Gasteiger partial charge in [0, 0.05) is 11.6 Å². The molecular formula is C21H32BNO3. The largest absolute Gasteiger partial charge is 0.494 e. The number of anilines is 1. The Morgan fingerprint density at radius 3 is 2.31 bits per heavy atom. The fourth-order valence-corrected chi connectivity index (χ4v) is 3.82. The van der Waals surface area contributed by atoms with Crippen LogP contribution in [0.4, 0.5) is 5.69 Å². The molecule has 5 heteroatoms. The molecule has 1 N–H and O–H groups in total. The van der Waals surface area contributed by atoms with Gasteiger partial charge < -0.3 is 14.6 Å². The molecule has 0 bridgehead atoms. The SMILES string of the molecule is CCC1CCC(C(=O)Nc2cccc(B3OC(C)(C)C(C)(C)O3)c2)CC1. The maximum absolute atomic E-state index is 12.6. The molecule has 1 saturated carbocycles. The maximum Gasteiger partial charge on any atom is 0.494 e. The summed E-state index contributed by atoms with van der Waals surface area (Å²) < 4.78 is 12.2. The monoisotopic (exact) mass is 357 g/mol. The lowest BCUT2D eigenvalue weighted by atomic mass is 9.78. The summed E-state index contributed by atoms with van der Waals surface area (Å²) in [6.07, 6.45) is 5.57. The summed E-state index contributed by atoms with van der Waals surface area (Å²) in [7, 11) is -0.406. The molecule has 0 atom stereocenters. The lowest BCUT2D eigenvalue weighted by molar-refractivity contribution is -0.121. The molecule has 1 aromatic rings. The lowest BCUT2D eigenvalue weighted by Crippen LogP contribution is -2.41. The van der Waals surface area contributed by atoms with E-state index in [1.807, 2.05) is 52.0 Å². The summed E-state index contributed by atoms with van der Waals surface area (Å²) >= 11 is 0. The van der Waals surface area contributed by atoms with Crippen molar-refractivity contribution in [1.82, 2.24) is 0 Å². The van der Waals surface area contributed by atoms with Crippen LogP contribution in [0.1, 0.15) is 66.7 Å². The summed E-state index contributed by atoms with van der Waals surface area (Å²) in [6, 6.07) is 7.84. The summed E-state index contributed by atoms with van der Waals surface area (Å²) in [5, 5.41) is 3.10. The highest BCUT2D eigenvalue weighted by Crippen LogP contribution is 2.36. The molecule has 1 amide bonds. The molecule has 0 spiro atoms. The molecule has 0 aromatic heterocycles. The van der Waals surface area contributed by atoms with Gasteiger partial charge >= 0.3 is 7.12 Å². The molecule has 1 aliphatic carbocycles. The third-order valence-corrected chi connectivity index (χ3v) is 6.47. The van der Waals surface area contributed by atoms with Gasteiger partial charge in [-0.3, -0.25) is 4.79 Å². The Kier molecular flexibility index (Phi) is 5.50. The number of carbonyl (C=O) groups excluding carboxylic acids is 1. The van der Waals surface area contributed by atoms with E-state index in [-0.39, 0.29) is 23.0 Å². The molecule has 2 aliphatic rings. The molecule has 4 nitrogen and oxygen atoms in total. The van der Waals surface area contributed by atoms with Crippen LogP contribution in [-0.2, 0) is 14.1 Å². The normalized spacial score (nSPS) is 27.3. The predicted molar refractivity (Wildman–Crippen MR) is 107 cm³/mol. The quantitative estimate of drug-likeness (QED) is 0.824. The highest BCUT2D eigenvalue weighted by atomic mass is 16.7. The van der Waals surface area contributed by atoms with Crippen LogP contribution in [0.5, 0.6) is 0 Å². The molecule has 26 heavy (non-hydrogen) atoms. The van der Waals surface area contributed by atoms with Crippen molar-refractivity contribution in [3.63, 3.8) is 0 Å². The topological polar surface area (TPSA) is 47.6 Å². The molecule has 3 rings (SSSR count). The zero-order valence-electron chi connectivity index (χ0n) is 16.8. The first-order chi connectivity index (χ1) is 12.2. The van der Waals surface area contributed by atoms with Crippen molar-refractivity contribution in [3.8, 4) is 0 Å². The molecule has 1 heterocycles. The Morgan fingerprint density at radius 2 is 1.73 bits per heavy atom. The van der Waals surface area contributed by atoms with Gasteiger partial charge in [0.15, 0.2) is 0 Å². The van der Waals surface area contributed by atoms with Gasteiger partial charge in [0.2, 0.25) is 5.91 Å². The maximum atomic E-state index is 12.6. The van der Waals surface area contributed by atoms with Gasteiger partial charge in [-0.15, -0.1) is 0 Å². The van der Waals surface area contributed by atoms with E-state index in [0.717, 1.165) is 29.9 Å². The smallest absolute Gasteiger partial charge is 0.399 e. The Labute approximate surface area is 158 Å². The summed E-state index contributed by atoms with van der Waals surface area (Å²) in [4.78, 5) is 12.6. The predicted octanol–water partition coefficient (Wildman–Crippen LogP) is 4.14. The van der Waals surface area contributed by atoms with Crippen LogP contribution in [0.15, 0.2) is 24.3 Å². The van der Waals surface area contributed by atoms with Crippen molar-refractivity contribution in [2.24, 2.45) is 11.8 Å². The fraction of sp³-hybridized carbons (Fsp3) is 0.667. The Hall–Kier alpha value is -1.33. The van der Waals surface area contributed by atoms with Crippen molar-refractivity contribution in [2.45, 2.75) is 77.9 Å². The zero-order chi connectivity index (χ0) is 18.9. The summed E-state index contributed by atoms with van der Waals surface area (Å²) in [6.45, 7) is 10.4. The van der Waals surface area contributed by atoms with Crippen LogP contribution < -0.4 is 10.8 Å². The van der Waals surface area contributed by atoms with E-state index in [0.29, 0.717) is 0 Å². The van der Waals surface area contributed by atoms with Crippen molar-refractivity contribution in [3.05, 3.63) is 24.3 Å². The molecule has 142 valence electrons. The average Bonchev–Trinajstić information content (AvgIpc) is 2.83. The van der Waals surface area contributed by atoms with Crippen LogP contribution in [-0.4, -0.2) is 24.2 Å². The first-order valence-electron chi connectivity index (χ1n) is 9.98. The van der Waals surface area contributed by atoms with E-state index in [1.165, 1.54) is 19.3 Å². The number of hydrogen-bond acceptors (Lipinski definition) is 3. The minimum atomic E-state index is -0.406. The average molecular weight is 357 g/mol. The first kappa shape index (κ1) is 19.4. The molecular weight excluding hydrogens is 325 g/mol. The van der Waals surface area contributed by atoms with Crippen LogP contribution in [0.2, 0.25) is 0 Å². The van der Waals surface area contributed by atoms with Gasteiger partial charge in [-0.05, 0) is 76.9 Å². The number of hydrogen-bond donors (Lipinski definition) is 1. The number of rotatable bonds is 4. The minimum Gasteiger partial charge on any atom is -0.399 e. The number of nitrogens with one attached hydrogen (secondary N) is 1. The highest BCUT2D eigenvalue weighted by Gasteiger charge is 2.51. The second kappa shape index (κ2) is 7.36. The Bertz CT molecular complexity index is 634. The second-order valence-electron chi connectivity index (χ2n) is 8.83. The van der Waals surface area contributed by atoms with E-state index < -0.39 is 7.12 Å². The summed E-state index contributed by atoms with van der Waals surface area (Å²) in [5.41, 5.74) is 1.03.